The lowest BCUT2D eigenvalue weighted by atomic mass is 10.1. The number of rotatable bonds is 9. The Balaban J connectivity index is 1.14. The number of nitrogens with zero attached hydrogens (tertiary/aromatic N) is 8. The van der Waals surface area contributed by atoms with Crippen molar-refractivity contribution in [2.75, 3.05) is 31.8 Å². The minimum atomic E-state index is -4.93. The third-order valence-corrected chi connectivity index (χ3v) is 7.91. The zero-order valence-electron chi connectivity index (χ0n) is 22.0. The highest BCUT2D eigenvalue weighted by atomic mass is 31.2. The van der Waals surface area contributed by atoms with Crippen LogP contribution in [0.3, 0.4) is 0 Å². The van der Waals surface area contributed by atoms with Gasteiger partial charge in [-0.1, -0.05) is 0 Å². The van der Waals surface area contributed by atoms with Crippen LogP contribution in [0, 0.1) is 0 Å². The Hall–Kier alpha value is -3.43. The Labute approximate surface area is 235 Å². The van der Waals surface area contributed by atoms with Crippen molar-refractivity contribution in [1.29, 1.82) is 0 Å². The number of hydrogen-bond donors (Lipinski definition) is 6. The molecule has 0 spiro atoms. The van der Waals surface area contributed by atoms with Gasteiger partial charge in [0.05, 0.1) is 19.3 Å². The number of nitrogens with one attached hydrogen (secondary N) is 1. The van der Waals surface area contributed by atoms with Crippen molar-refractivity contribution in [3.63, 3.8) is 0 Å². The van der Waals surface area contributed by atoms with Crippen molar-refractivity contribution in [3.8, 4) is 0 Å². The minimum Gasteiger partial charge on any atom is -0.387 e. The van der Waals surface area contributed by atoms with Crippen LogP contribution in [0.2, 0.25) is 0 Å². The second-order valence-corrected chi connectivity index (χ2v) is 10.8. The van der Waals surface area contributed by atoms with Gasteiger partial charge in [0.1, 0.15) is 48.1 Å². The second kappa shape index (κ2) is 11.0. The molecule has 226 valence electrons. The molecular weight excluding hydrogens is 583 g/mol. The summed E-state index contributed by atoms with van der Waals surface area (Å²) in [7, 11) is -2.02. The molecule has 2 aliphatic rings. The third kappa shape index (κ3) is 4.86. The van der Waals surface area contributed by atoms with E-state index in [4.69, 9.17) is 29.0 Å². The molecule has 6 heterocycles. The molecule has 4 aromatic rings. The van der Waals surface area contributed by atoms with Crippen LogP contribution in [0.4, 0.5) is 11.6 Å². The lowest BCUT2D eigenvalue weighted by Crippen LogP contribution is -2.36. The van der Waals surface area contributed by atoms with Crippen LogP contribution in [-0.4, -0.2) is 117 Å². The number of ether oxygens (including phenoxy) is 3. The first kappa shape index (κ1) is 28.7. The van der Waals surface area contributed by atoms with Gasteiger partial charge >= 0.3 is 7.82 Å². The molecule has 9 atom stereocenters. The number of nitrogens with two attached hydrogens (primary N) is 1. The van der Waals surface area contributed by atoms with E-state index in [2.05, 4.69) is 35.2 Å². The van der Waals surface area contributed by atoms with Gasteiger partial charge in [-0.15, -0.1) is 0 Å². The van der Waals surface area contributed by atoms with E-state index < -0.39 is 63.7 Å². The summed E-state index contributed by atoms with van der Waals surface area (Å²) in [5.41, 5.74) is 7.04. The van der Waals surface area contributed by atoms with Crippen LogP contribution in [0.25, 0.3) is 22.3 Å². The van der Waals surface area contributed by atoms with Crippen LogP contribution in [0.1, 0.15) is 12.5 Å². The summed E-state index contributed by atoms with van der Waals surface area (Å²) in [6, 6.07) is 0. The van der Waals surface area contributed by atoms with E-state index in [9.17, 15) is 24.8 Å². The van der Waals surface area contributed by atoms with Crippen LogP contribution in [0.15, 0.2) is 25.3 Å². The lowest BCUT2D eigenvalue weighted by molar-refractivity contribution is -0.159. The highest BCUT2D eigenvalue weighted by Crippen LogP contribution is 2.49. The van der Waals surface area contributed by atoms with Crippen LogP contribution < -0.4 is 11.1 Å². The molecule has 2 saturated heterocycles. The largest absolute Gasteiger partial charge is 0.472 e. The van der Waals surface area contributed by atoms with E-state index in [0.29, 0.717) is 17.0 Å². The fourth-order valence-corrected chi connectivity index (χ4v) is 5.80. The van der Waals surface area contributed by atoms with E-state index in [1.54, 1.807) is 7.05 Å². The fourth-order valence-electron chi connectivity index (χ4n) is 4.88. The molecule has 0 amide bonds. The predicted molar refractivity (Wildman–Crippen MR) is 138 cm³/mol. The molecule has 0 aliphatic carbocycles. The number of imidazole rings is 2. The maximum atomic E-state index is 12.9. The van der Waals surface area contributed by atoms with E-state index in [1.165, 1.54) is 41.6 Å². The van der Waals surface area contributed by atoms with Gasteiger partial charge in [0.2, 0.25) is 0 Å². The second-order valence-electron chi connectivity index (χ2n) is 9.38. The van der Waals surface area contributed by atoms with Crippen LogP contribution in [-0.2, 0) is 27.8 Å². The number of aliphatic hydroxyl groups excluding tert-OH is 3. The quantitative estimate of drug-likeness (QED) is 0.115. The van der Waals surface area contributed by atoms with Gasteiger partial charge in [-0.05, 0) is 0 Å². The normalized spacial score (nSPS) is 31.2. The Kier molecular flexibility index (Phi) is 7.51. The molecule has 2 fully saturated rings. The Morgan fingerprint density at radius 1 is 0.952 bits per heavy atom. The van der Waals surface area contributed by atoms with E-state index in [0.717, 1.165) is 0 Å². The first-order chi connectivity index (χ1) is 20.1. The van der Waals surface area contributed by atoms with Gasteiger partial charge in [0.25, 0.3) is 0 Å². The predicted octanol–water partition coefficient (Wildman–Crippen LogP) is -1.73. The molecule has 4 aromatic heterocycles. The Morgan fingerprint density at radius 2 is 1.60 bits per heavy atom. The summed E-state index contributed by atoms with van der Waals surface area (Å²) in [5, 5.41) is 35.1. The molecule has 0 saturated carbocycles. The maximum absolute atomic E-state index is 12.9. The van der Waals surface area contributed by atoms with Crippen molar-refractivity contribution in [3.05, 3.63) is 25.3 Å². The van der Waals surface area contributed by atoms with E-state index in [-0.39, 0.29) is 17.0 Å². The molecular formula is C21H27N10O10P. The molecule has 21 heteroatoms. The summed E-state index contributed by atoms with van der Waals surface area (Å²) in [6.45, 7) is -0.668. The standard InChI is InChI=1S/C21H27N10O10P/c1-23-16-10-18(27-5-25-16)31(7-29-10)19-12(33)11(32)8(39-19)3-38-42(35,36)41-14-13(34)20(40-21(14)37-2)30-6-28-9-15(22)24-4-26-17(9)30/h4-8,11-14,19-21,32-34H,3H2,1-2H3,(H,35,36)(H2,22,24,26)(H,23,25,27)/t8-,11?,12?,13?,14?,19-,20-,21+/m1/s1. The number of phosphoric ester groups is 1. The Morgan fingerprint density at radius 3 is 2.29 bits per heavy atom. The first-order valence-corrected chi connectivity index (χ1v) is 13.9. The third-order valence-electron chi connectivity index (χ3n) is 6.93. The molecule has 0 bridgehead atoms. The SMILES string of the molecule is CNc1ncnc2c1ncn2[C@@H]1O[C@H](COP(=O)(O)OC2C(O)[C@H](n3cnc4c(N)ncnc43)O[C@@H]2OC)C(O)C1O. The molecule has 7 N–H and O–H groups in total. The average Bonchev–Trinajstić information content (AvgIpc) is 3.73. The van der Waals surface area contributed by atoms with Gasteiger partial charge in [-0.25, -0.2) is 34.5 Å². The summed E-state index contributed by atoms with van der Waals surface area (Å²) in [4.78, 5) is 35.0. The highest BCUT2D eigenvalue weighted by molar-refractivity contribution is 7.47. The monoisotopic (exact) mass is 610 g/mol. The molecule has 0 radical (unpaired) electrons. The topological polar surface area (TPSA) is 269 Å². The number of phosphoric acid groups is 1. The van der Waals surface area contributed by atoms with Crippen molar-refractivity contribution in [2.45, 2.75) is 49.3 Å². The molecule has 0 aromatic carbocycles. The molecule has 5 unspecified atom stereocenters. The molecule has 6 rings (SSSR count). The molecule has 20 nitrogen and oxygen atoms in total. The number of methoxy groups -OCH3 is 1. The average molecular weight is 610 g/mol. The zero-order valence-corrected chi connectivity index (χ0v) is 22.9. The summed E-state index contributed by atoms with van der Waals surface area (Å²) in [5.74, 6) is 0.551. The summed E-state index contributed by atoms with van der Waals surface area (Å²) >= 11 is 0. The van der Waals surface area contributed by atoms with Gasteiger partial charge < -0.3 is 45.5 Å². The van der Waals surface area contributed by atoms with Gasteiger partial charge in [-0.3, -0.25) is 18.2 Å². The zero-order chi connectivity index (χ0) is 29.8. The number of hydrogen-bond acceptors (Lipinski definition) is 17. The maximum Gasteiger partial charge on any atom is 0.472 e. The van der Waals surface area contributed by atoms with Crippen molar-refractivity contribution in [1.82, 2.24) is 39.0 Å². The highest BCUT2D eigenvalue weighted by Gasteiger charge is 2.51. The lowest BCUT2D eigenvalue weighted by Gasteiger charge is -2.23. The summed E-state index contributed by atoms with van der Waals surface area (Å²) in [6.07, 6.45) is -5.76. The Bertz CT molecular complexity index is 1640. The van der Waals surface area contributed by atoms with E-state index in [1.807, 2.05) is 0 Å². The molecule has 42 heavy (non-hydrogen) atoms. The van der Waals surface area contributed by atoms with Gasteiger partial charge in [0.15, 0.2) is 47.8 Å². The van der Waals surface area contributed by atoms with Crippen molar-refractivity contribution in [2.24, 2.45) is 0 Å². The van der Waals surface area contributed by atoms with Crippen LogP contribution in [0.5, 0.6) is 0 Å². The minimum absolute atomic E-state index is 0.108. The molecule has 2 aliphatic heterocycles. The summed E-state index contributed by atoms with van der Waals surface area (Å²) < 4.78 is 42.7. The van der Waals surface area contributed by atoms with Crippen molar-refractivity contribution >= 4 is 41.8 Å². The number of anilines is 2. The van der Waals surface area contributed by atoms with Crippen LogP contribution >= 0.6 is 7.82 Å². The van der Waals surface area contributed by atoms with E-state index >= 15 is 0 Å². The smallest absolute Gasteiger partial charge is 0.387 e. The van der Waals surface area contributed by atoms with Gasteiger partial charge in [0, 0.05) is 14.2 Å². The number of aliphatic hydroxyl groups is 3. The fraction of sp³-hybridized carbons (Fsp3) is 0.524. The number of aromatic nitrogens is 8. The van der Waals surface area contributed by atoms with Crippen molar-refractivity contribution < 1.29 is 48.0 Å². The van der Waals surface area contributed by atoms with Gasteiger partial charge in [-0.2, -0.15) is 0 Å². The number of fused-ring (bicyclic) bond motifs is 2. The number of nitrogen functional groups attached to an aromatic ring is 1. The first-order valence-electron chi connectivity index (χ1n) is 12.5.